The molecule has 1 aliphatic rings. The number of aromatic nitrogens is 1. The second kappa shape index (κ2) is 3.83. The van der Waals surface area contributed by atoms with E-state index < -0.39 is 0 Å². The van der Waals surface area contributed by atoms with Crippen LogP contribution in [0.25, 0.3) is 0 Å². The minimum Gasteiger partial charge on any atom is -0.329 e. The van der Waals surface area contributed by atoms with Crippen molar-refractivity contribution in [3.63, 3.8) is 0 Å². The molecule has 1 fully saturated rings. The van der Waals surface area contributed by atoms with Crippen molar-refractivity contribution in [2.24, 2.45) is 5.73 Å². The summed E-state index contributed by atoms with van der Waals surface area (Å²) in [6, 6.07) is 4.75. The molecule has 4 N–H and O–H groups in total. The van der Waals surface area contributed by atoms with Gasteiger partial charge in [0.1, 0.15) is 0 Å². The molecule has 0 bridgehead atoms. The van der Waals surface area contributed by atoms with Gasteiger partial charge in [0.2, 0.25) is 0 Å². The Morgan fingerprint density at radius 2 is 2.46 bits per heavy atom. The third-order valence-electron chi connectivity index (χ3n) is 2.35. The molecule has 2 rings (SSSR count). The van der Waals surface area contributed by atoms with Crippen LogP contribution in [0.15, 0.2) is 24.5 Å². The maximum Gasteiger partial charge on any atom is 0.0493 e. The molecular weight excluding hydrogens is 164 g/mol. The van der Waals surface area contributed by atoms with Gasteiger partial charge in [-0.05, 0) is 18.1 Å². The molecule has 2 atom stereocenters. The summed E-state index contributed by atoms with van der Waals surface area (Å²) in [7, 11) is 0. The Labute approximate surface area is 77.5 Å². The van der Waals surface area contributed by atoms with Crippen LogP contribution in [0.5, 0.6) is 0 Å². The molecule has 0 aromatic carbocycles. The van der Waals surface area contributed by atoms with Crippen molar-refractivity contribution < 1.29 is 0 Å². The van der Waals surface area contributed by atoms with Gasteiger partial charge in [-0.2, -0.15) is 0 Å². The fourth-order valence-electron chi connectivity index (χ4n) is 1.58. The second-order valence-corrected chi connectivity index (χ2v) is 3.30. The SMILES string of the molecule is NCC1CC(c2cccnc2)NN1. The third kappa shape index (κ3) is 1.85. The van der Waals surface area contributed by atoms with Crippen LogP contribution in [0, 0.1) is 0 Å². The van der Waals surface area contributed by atoms with Crippen molar-refractivity contribution in [3.05, 3.63) is 30.1 Å². The number of hydrazine groups is 1. The molecule has 2 heterocycles. The van der Waals surface area contributed by atoms with E-state index in [9.17, 15) is 0 Å². The summed E-state index contributed by atoms with van der Waals surface area (Å²) in [5.41, 5.74) is 13.1. The van der Waals surface area contributed by atoms with E-state index in [4.69, 9.17) is 5.73 Å². The summed E-state index contributed by atoms with van der Waals surface area (Å²) in [6.45, 7) is 0.670. The maximum atomic E-state index is 5.56. The van der Waals surface area contributed by atoms with Crippen molar-refractivity contribution in [1.82, 2.24) is 15.8 Å². The first-order chi connectivity index (χ1) is 6.40. The van der Waals surface area contributed by atoms with Gasteiger partial charge in [0.05, 0.1) is 0 Å². The summed E-state index contributed by atoms with van der Waals surface area (Å²) in [6.07, 6.45) is 4.70. The molecule has 0 aliphatic carbocycles. The molecule has 4 heteroatoms. The van der Waals surface area contributed by atoms with Crippen LogP contribution < -0.4 is 16.6 Å². The number of rotatable bonds is 2. The van der Waals surface area contributed by atoms with Gasteiger partial charge in [-0.1, -0.05) is 6.07 Å². The van der Waals surface area contributed by atoms with Crippen molar-refractivity contribution in [2.45, 2.75) is 18.5 Å². The van der Waals surface area contributed by atoms with Crippen LogP contribution >= 0.6 is 0 Å². The number of hydrogen-bond donors (Lipinski definition) is 3. The van der Waals surface area contributed by atoms with Crippen molar-refractivity contribution in [2.75, 3.05) is 6.54 Å². The lowest BCUT2D eigenvalue weighted by molar-refractivity contribution is 0.546. The van der Waals surface area contributed by atoms with Gasteiger partial charge in [-0.25, -0.2) is 5.43 Å². The van der Waals surface area contributed by atoms with Gasteiger partial charge in [-0.15, -0.1) is 0 Å². The highest BCUT2D eigenvalue weighted by Crippen LogP contribution is 2.20. The predicted octanol–water partition coefficient (Wildman–Crippen LogP) is -0.0521. The Kier molecular flexibility index (Phi) is 2.54. The van der Waals surface area contributed by atoms with Crippen LogP contribution in [0.2, 0.25) is 0 Å². The first-order valence-corrected chi connectivity index (χ1v) is 4.51. The van der Waals surface area contributed by atoms with E-state index in [0.717, 1.165) is 6.42 Å². The van der Waals surface area contributed by atoms with Crippen LogP contribution in [0.3, 0.4) is 0 Å². The normalized spacial score (nSPS) is 27.8. The van der Waals surface area contributed by atoms with E-state index >= 15 is 0 Å². The quantitative estimate of drug-likeness (QED) is 0.594. The van der Waals surface area contributed by atoms with E-state index in [-0.39, 0.29) is 0 Å². The van der Waals surface area contributed by atoms with Crippen LogP contribution in [-0.2, 0) is 0 Å². The van der Waals surface area contributed by atoms with Crippen molar-refractivity contribution >= 4 is 0 Å². The van der Waals surface area contributed by atoms with Gasteiger partial charge >= 0.3 is 0 Å². The maximum absolute atomic E-state index is 5.56. The standard InChI is InChI=1S/C9H14N4/c10-5-8-4-9(13-12-8)7-2-1-3-11-6-7/h1-3,6,8-9,12-13H,4-5,10H2. The highest BCUT2D eigenvalue weighted by atomic mass is 15.4. The van der Waals surface area contributed by atoms with Crippen LogP contribution in [-0.4, -0.2) is 17.6 Å². The summed E-state index contributed by atoms with van der Waals surface area (Å²) in [5, 5.41) is 0. The molecule has 0 saturated carbocycles. The fourth-order valence-corrected chi connectivity index (χ4v) is 1.58. The third-order valence-corrected chi connectivity index (χ3v) is 2.35. The minimum absolute atomic E-state index is 0.349. The van der Waals surface area contributed by atoms with Gasteiger partial charge < -0.3 is 5.73 Å². The average molecular weight is 178 g/mol. The van der Waals surface area contributed by atoms with E-state index in [1.54, 1.807) is 6.20 Å². The smallest absolute Gasteiger partial charge is 0.0493 e. The zero-order chi connectivity index (χ0) is 9.10. The zero-order valence-corrected chi connectivity index (χ0v) is 7.40. The van der Waals surface area contributed by atoms with Gasteiger partial charge in [0.25, 0.3) is 0 Å². The molecule has 2 unspecified atom stereocenters. The number of nitrogens with zero attached hydrogens (tertiary/aromatic N) is 1. The lowest BCUT2D eigenvalue weighted by Gasteiger charge is -2.07. The van der Waals surface area contributed by atoms with Gasteiger partial charge in [0.15, 0.2) is 0 Å². The molecule has 0 spiro atoms. The van der Waals surface area contributed by atoms with Gasteiger partial charge in [0, 0.05) is 31.0 Å². The number of nitrogens with one attached hydrogen (secondary N) is 2. The lowest BCUT2D eigenvalue weighted by atomic mass is 10.0. The largest absolute Gasteiger partial charge is 0.329 e. The molecule has 13 heavy (non-hydrogen) atoms. The molecular formula is C9H14N4. The fraction of sp³-hybridized carbons (Fsp3) is 0.444. The Morgan fingerprint density at radius 3 is 3.08 bits per heavy atom. The Bertz CT molecular complexity index is 262. The summed E-state index contributed by atoms with van der Waals surface area (Å²) in [4.78, 5) is 4.08. The molecule has 1 aromatic rings. The molecule has 1 aromatic heterocycles. The Morgan fingerprint density at radius 1 is 1.54 bits per heavy atom. The molecule has 4 nitrogen and oxygen atoms in total. The average Bonchev–Trinajstić information content (AvgIpc) is 2.67. The van der Waals surface area contributed by atoms with Crippen molar-refractivity contribution in [1.29, 1.82) is 0 Å². The van der Waals surface area contributed by atoms with E-state index in [1.165, 1.54) is 5.56 Å². The first kappa shape index (κ1) is 8.62. The van der Waals surface area contributed by atoms with Gasteiger partial charge in [-0.3, -0.25) is 10.4 Å². The molecule has 0 radical (unpaired) electrons. The molecule has 0 amide bonds. The molecule has 70 valence electrons. The minimum atomic E-state index is 0.349. The molecule has 1 aliphatic heterocycles. The van der Waals surface area contributed by atoms with E-state index in [2.05, 4.69) is 21.9 Å². The zero-order valence-electron chi connectivity index (χ0n) is 7.40. The van der Waals surface area contributed by atoms with E-state index in [0.29, 0.717) is 18.6 Å². The topological polar surface area (TPSA) is 63.0 Å². The lowest BCUT2D eigenvalue weighted by Crippen LogP contribution is -2.35. The summed E-state index contributed by atoms with van der Waals surface area (Å²) >= 11 is 0. The Hall–Kier alpha value is -0.970. The highest BCUT2D eigenvalue weighted by molar-refractivity contribution is 5.15. The number of hydrogen-bond acceptors (Lipinski definition) is 4. The van der Waals surface area contributed by atoms with Crippen molar-refractivity contribution in [3.8, 4) is 0 Å². The predicted molar refractivity (Wildman–Crippen MR) is 50.7 cm³/mol. The summed E-state index contributed by atoms with van der Waals surface area (Å²) in [5.74, 6) is 0. The number of pyridine rings is 1. The monoisotopic (exact) mass is 178 g/mol. The first-order valence-electron chi connectivity index (χ1n) is 4.51. The van der Waals surface area contributed by atoms with E-state index in [1.807, 2.05) is 12.3 Å². The highest BCUT2D eigenvalue weighted by Gasteiger charge is 2.23. The molecule has 1 saturated heterocycles. The van der Waals surface area contributed by atoms with Crippen LogP contribution in [0.1, 0.15) is 18.0 Å². The Balaban J connectivity index is 2.04. The second-order valence-electron chi connectivity index (χ2n) is 3.30. The summed E-state index contributed by atoms with van der Waals surface area (Å²) < 4.78 is 0. The number of nitrogens with two attached hydrogens (primary N) is 1. The van der Waals surface area contributed by atoms with Crippen LogP contribution in [0.4, 0.5) is 0 Å².